The fraction of sp³-hybridized carbons (Fsp3) is 0.0833. The van der Waals surface area contributed by atoms with Gasteiger partial charge in [-0.2, -0.15) is 0 Å². The number of nitrogens with two attached hydrogens (primary N) is 1. The van der Waals surface area contributed by atoms with Gasteiger partial charge in [-0.15, -0.1) is 0 Å². The number of aromatic nitrogens is 1. The van der Waals surface area contributed by atoms with E-state index in [0.29, 0.717) is 5.69 Å². The molecule has 0 amide bonds. The highest BCUT2D eigenvalue weighted by molar-refractivity contribution is 7.93. The van der Waals surface area contributed by atoms with Crippen LogP contribution in [0.25, 0.3) is 0 Å². The molecule has 20 heavy (non-hydrogen) atoms. The van der Waals surface area contributed by atoms with Crippen molar-refractivity contribution in [1.29, 1.82) is 0 Å². The molecule has 0 radical (unpaired) electrons. The molecule has 2 aromatic rings. The van der Waals surface area contributed by atoms with E-state index in [1.165, 1.54) is 31.6 Å². The second kappa shape index (κ2) is 5.26. The number of halogens is 2. The SMILES string of the molecule is CN(c1ccncc1)S(=O)(=O)c1cc(N)c(F)cc1Cl. The zero-order chi connectivity index (χ0) is 14.9. The molecule has 0 saturated carbocycles. The zero-order valence-electron chi connectivity index (χ0n) is 10.4. The highest BCUT2D eigenvalue weighted by Gasteiger charge is 2.25. The molecule has 0 saturated heterocycles. The molecule has 8 heteroatoms. The summed E-state index contributed by atoms with van der Waals surface area (Å²) < 4.78 is 39.2. The van der Waals surface area contributed by atoms with Crippen LogP contribution in [0.2, 0.25) is 5.02 Å². The highest BCUT2D eigenvalue weighted by atomic mass is 35.5. The molecule has 1 aromatic carbocycles. The Kier molecular flexibility index (Phi) is 3.82. The third kappa shape index (κ3) is 2.54. The molecular formula is C12H11ClFN3O2S. The van der Waals surface area contributed by atoms with E-state index in [9.17, 15) is 12.8 Å². The van der Waals surface area contributed by atoms with Gasteiger partial charge in [0.25, 0.3) is 10.0 Å². The van der Waals surface area contributed by atoms with E-state index in [4.69, 9.17) is 17.3 Å². The summed E-state index contributed by atoms with van der Waals surface area (Å²) in [6, 6.07) is 4.94. The van der Waals surface area contributed by atoms with Crippen molar-refractivity contribution >= 4 is 33.0 Å². The van der Waals surface area contributed by atoms with E-state index >= 15 is 0 Å². The van der Waals surface area contributed by atoms with Crippen LogP contribution in [0.4, 0.5) is 15.8 Å². The Morgan fingerprint density at radius 2 is 1.90 bits per heavy atom. The Labute approximate surface area is 120 Å². The van der Waals surface area contributed by atoms with Crippen molar-refractivity contribution in [3.05, 3.63) is 47.5 Å². The van der Waals surface area contributed by atoms with E-state index in [1.54, 1.807) is 0 Å². The molecule has 2 N–H and O–H groups in total. The zero-order valence-corrected chi connectivity index (χ0v) is 12.0. The van der Waals surface area contributed by atoms with Crippen molar-refractivity contribution in [1.82, 2.24) is 4.98 Å². The van der Waals surface area contributed by atoms with Crippen molar-refractivity contribution < 1.29 is 12.8 Å². The summed E-state index contributed by atoms with van der Waals surface area (Å²) in [7, 11) is -2.57. The van der Waals surface area contributed by atoms with Crippen LogP contribution in [0.5, 0.6) is 0 Å². The molecule has 1 heterocycles. The Hall–Kier alpha value is -1.86. The lowest BCUT2D eigenvalue weighted by atomic mass is 10.3. The number of rotatable bonds is 3. The van der Waals surface area contributed by atoms with E-state index in [-0.39, 0.29) is 15.6 Å². The van der Waals surface area contributed by atoms with Crippen molar-refractivity contribution in [3.63, 3.8) is 0 Å². The Bertz CT molecular complexity index is 738. The van der Waals surface area contributed by atoms with Crippen molar-refractivity contribution in [2.45, 2.75) is 4.90 Å². The molecule has 0 atom stereocenters. The maximum absolute atomic E-state index is 13.2. The molecule has 0 fully saturated rings. The topological polar surface area (TPSA) is 76.3 Å². The number of hydrogen-bond donors (Lipinski definition) is 1. The number of nitrogen functional groups attached to an aromatic ring is 1. The summed E-state index contributed by atoms with van der Waals surface area (Å²) in [5, 5.41) is -0.224. The molecule has 0 aliphatic rings. The van der Waals surface area contributed by atoms with E-state index in [2.05, 4.69) is 4.98 Å². The van der Waals surface area contributed by atoms with Gasteiger partial charge >= 0.3 is 0 Å². The van der Waals surface area contributed by atoms with Gasteiger partial charge in [-0.1, -0.05) is 11.6 Å². The van der Waals surface area contributed by atoms with Gasteiger partial charge in [0.15, 0.2) is 0 Å². The minimum absolute atomic E-state index is 0.224. The van der Waals surface area contributed by atoms with E-state index in [1.807, 2.05) is 0 Å². The van der Waals surface area contributed by atoms with Gasteiger partial charge in [-0.05, 0) is 24.3 Å². The molecule has 1 aromatic heterocycles. The maximum Gasteiger partial charge on any atom is 0.265 e. The fourth-order valence-corrected chi connectivity index (χ4v) is 3.30. The summed E-state index contributed by atoms with van der Waals surface area (Å²) in [5.74, 6) is -0.763. The maximum atomic E-state index is 13.2. The first-order chi connectivity index (χ1) is 9.34. The molecule has 2 rings (SSSR count). The van der Waals surface area contributed by atoms with Crippen LogP contribution in [-0.4, -0.2) is 20.4 Å². The van der Waals surface area contributed by atoms with Crippen LogP contribution in [0.15, 0.2) is 41.6 Å². The Morgan fingerprint density at radius 3 is 2.50 bits per heavy atom. The Balaban J connectivity index is 2.54. The van der Waals surface area contributed by atoms with Crippen LogP contribution < -0.4 is 10.0 Å². The van der Waals surface area contributed by atoms with Crippen molar-refractivity contribution in [2.75, 3.05) is 17.1 Å². The molecule has 0 bridgehead atoms. The lowest BCUT2D eigenvalue weighted by molar-refractivity contribution is 0.593. The van der Waals surface area contributed by atoms with Crippen LogP contribution in [-0.2, 0) is 10.0 Å². The second-order valence-corrected chi connectivity index (χ2v) is 6.33. The van der Waals surface area contributed by atoms with Gasteiger partial charge < -0.3 is 5.73 Å². The van der Waals surface area contributed by atoms with Gasteiger partial charge in [0.2, 0.25) is 0 Å². The first-order valence-corrected chi connectivity index (χ1v) is 7.29. The average Bonchev–Trinajstić information content (AvgIpc) is 2.42. The molecule has 0 aliphatic carbocycles. The second-order valence-electron chi connectivity index (χ2n) is 3.98. The fourth-order valence-electron chi connectivity index (χ4n) is 1.58. The first kappa shape index (κ1) is 14.5. The van der Waals surface area contributed by atoms with Crippen LogP contribution in [0.3, 0.4) is 0 Å². The number of benzene rings is 1. The van der Waals surface area contributed by atoms with Gasteiger partial charge in [0, 0.05) is 19.4 Å². The van der Waals surface area contributed by atoms with E-state index < -0.39 is 15.8 Å². The summed E-state index contributed by atoms with van der Waals surface area (Å²) in [4.78, 5) is 3.56. The summed E-state index contributed by atoms with van der Waals surface area (Å²) >= 11 is 5.80. The highest BCUT2D eigenvalue weighted by Crippen LogP contribution is 2.30. The lowest BCUT2D eigenvalue weighted by Gasteiger charge is -2.20. The van der Waals surface area contributed by atoms with Crippen LogP contribution in [0, 0.1) is 5.82 Å². The summed E-state index contributed by atoms with van der Waals surface area (Å²) in [6.07, 6.45) is 2.92. The minimum Gasteiger partial charge on any atom is -0.396 e. The van der Waals surface area contributed by atoms with Gasteiger partial charge in [0.1, 0.15) is 10.7 Å². The van der Waals surface area contributed by atoms with Crippen LogP contribution in [0.1, 0.15) is 0 Å². The third-order valence-corrected chi connectivity index (χ3v) is 4.97. The predicted molar refractivity (Wildman–Crippen MR) is 75.6 cm³/mol. The van der Waals surface area contributed by atoms with Gasteiger partial charge in [-0.3, -0.25) is 9.29 Å². The quantitative estimate of drug-likeness (QED) is 0.882. The predicted octanol–water partition coefficient (Wildman–Crippen LogP) is 2.28. The van der Waals surface area contributed by atoms with Crippen LogP contribution >= 0.6 is 11.6 Å². The summed E-state index contributed by atoms with van der Waals surface area (Å²) in [6.45, 7) is 0. The number of hydrogen-bond acceptors (Lipinski definition) is 4. The number of sulfonamides is 1. The smallest absolute Gasteiger partial charge is 0.265 e. The van der Waals surface area contributed by atoms with Gasteiger partial charge in [0.05, 0.1) is 16.4 Å². The number of anilines is 2. The van der Waals surface area contributed by atoms with E-state index in [0.717, 1.165) is 16.4 Å². The molecule has 0 aliphatic heterocycles. The molecule has 106 valence electrons. The summed E-state index contributed by atoms with van der Waals surface area (Å²) in [5.41, 5.74) is 5.52. The first-order valence-electron chi connectivity index (χ1n) is 5.47. The minimum atomic E-state index is -3.94. The molecular weight excluding hydrogens is 305 g/mol. The monoisotopic (exact) mass is 315 g/mol. The van der Waals surface area contributed by atoms with Crippen molar-refractivity contribution in [2.24, 2.45) is 0 Å². The standard InChI is InChI=1S/C12H11ClFN3O2S/c1-17(8-2-4-16-5-3-8)20(18,19)12-7-11(15)10(14)6-9(12)13/h2-7H,15H2,1H3. The number of pyridine rings is 1. The molecule has 5 nitrogen and oxygen atoms in total. The third-order valence-electron chi connectivity index (χ3n) is 2.72. The average molecular weight is 316 g/mol. The largest absolute Gasteiger partial charge is 0.396 e. The van der Waals surface area contributed by atoms with Crippen molar-refractivity contribution in [3.8, 4) is 0 Å². The van der Waals surface area contributed by atoms with Gasteiger partial charge in [-0.25, -0.2) is 12.8 Å². The number of nitrogens with zero attached hydrogens (tertiary/aromatic N) is 2. The normalized spacial score (nSPS) is 11.3. The molecule has 0 spiro atoms. The molecule has 0 unspecified atom stereocenters. The Morgan fingerprint density at radius 1 is 1.30 bits per heavy atom. The lowest BCUT2D eigenvalue weighted by Crippen LogP contribution is -2.27.